The first-order chi connectivity index (χ1) is 29.6. The van der Waals surface area contributed by atoms with Crippen molar-refractivity contribution in [2.75, 3.05) is 39.5 Å². The Balaban J connectivity index is 0.730. The average Bonchev–Trinajstić information content (AvgIpc) is 3.97. The standard InChI is InChI=1S/C46H51N5O9S/c1-27-9-11-33(60-34-24-47-25-34)23-37(27)43(53)49-28(2)29-5-3-6-30(21-29)40-15-13-35(61-40)26-48-31-10-12-32(22-31)58-19-17-57-18-20-59-39-8-4-7-36-42(39)46(56)51(45(36)55)38-14-16-41(52)50-44(38)54/h3-9,11,13,15,21,23,28,31-32,34,38,47-48H,10,12,14,16-20,22,24-26H2,1-2H3,(H,49,53)(H,50,52,54)/t28-,31+,32-,38?/m1/s1. The van der Waals surface area contributed by atoms with Crippen LogP contribution in [0.15, 0.2) is 72.8 Å². The monoisotopic (exact) mass is 849 g/mol. The second-order valence-corrected chi connectivity index (χ2v) is 17.1. The van der Waals surface area contributed by atoms with Crippen LogP contribution in [-0.2, 0) is 25.6 Å². The van der Waals surface area contributed by atoms with E-state index in [4.69, 9.17) is 18.9 Å². The minimum absolute atomic E-state index is 0.0545. The quantitative estimate of drug-likeness (QED) is 0.0777. The molecule has 1 aromatic heterocycles. The Bertz CT molecular complexity index is 2290. The third-order valence-electron chi connectivity index (χ3n) is 11.6. The SMILES string of the molecule is Cc1ccc(OC2CNC2)cc1C(=O)N[C@H](C)c1cccc(-c2ccc(CN[C@H]3CC[C@@H](OCCOCCOc4cccc5c4C(=O)N(C4CCC(=O)NC4=O)C5=O)C3)s2)c1. The van der Waals surface area contributed by atoms with Gasteiger partial charge < -0.3 is 34.9 Å². The summed E-state index contributed by atoms with van der Waals surface area (Å²) in [5.74, 6) is -1.43. The number of benzene rings is 3. The predicted molar refractivity (Wildman–Crippen MR) is 228 cm³/mol. The van der Waals surface area contributed by atoms with Gasteiger partial charge in [-0.2, -0.15) is 0 Å². The number of fused-ring (bicyclic) bond motifs is 1. The molecule has 8 rings (SSSR count). The zero-order chi connectivity index (χ0) is 42.5. The topological polar surface area (TPSA) is 174 Å². The lowest BCUT2D eigenvalue weighted by Gasteiger charge is -2.28. The lowest BCUT2D eigenvalue weighted by atomic mass is 10.0. The molecule has 4 N–H and O–H groups in total. The highest BCUT2D eigenvalue weighted by Crippen LogP contribution is 2.34. The Morgan fingerprint density at radius 2 is 1.74 bits per heavy atom. The van der Waals surface area contributed by atoms with Crippen LogP contribution < -0.4 is 30.7 Å². The number of ether oxygens (including phenoxy) is 4. The van der Waals surface area contributed by atoms with E-state index in [1.807, 2.05) is 44.2 Å². The van der Waals surface area contributed by atoms with Gasteiger partial charge in [-0.25, -0.2) is 0 Å². The van der Waals surface area contributed by atoms with Gasteiger partial charge in [-0.3, -0.25) is 34.2 Å². The lowest BCUT2D eigenvalue weighted by molar-refractivity contribution is -0.136. The molecule has 14 nitrogen and oxygen atoms in total. The van der Waals surface area contributed by atoms with Crippen molar-refractivity contribution in [2.45, 2.75) is 82.8 Å². The Morgan fingerprint density at radius 1 is 0.902 bits per heavy atom. The normalized spacial score (nSPS) is 20.6. The largest absolute Gasteiger partial charge is 0.490 e. The first kappa shape index (κ1) is 42.2. The number of carbonyl (C=O) groups is 5. The predicted octanol–water partition coefficient (Wildman–Crippen LogP) is 5.09. The molecular formula is C46H51N5O9S. The van der Waals surface area contributed by atoms with E-state index in [1.54, 1.807) is 23.5 Å². The summed E-state index contributed by atoms with van der Waals surface area (Å²) >= 11 is 1.77. The highest BCUT2D eigenvalue weighted by Gasteiger charge is 2.46. The fourth-order valence-electron chi connectivity index (χ4n) is 8.12. The van der Waals surface area contributed by atoms with E-state index in [0.717, 1.165) is 60.5 Å². The number of aryl methyl sites for hydroxylation is 1. The number of imide groups is 2. The van der Waals surface area contributed by atoms with Crippen LogP contribution in [0.25, 0.3) is 10.4 Å². The number of rotatable bonds is 18. The maximum atomic E-state index is 13.3. The molecule has 1 aliphatic carbocycles. The Labute approximate surface area is 358 Å². The van der Waals surface area contributed by atoms with Gasteiger partial charge in [0.15, 0.2) is 0 Å². The second-order valence-electron chi connectivity index (χ2n) is 15.9. The first-order valence-electron chi connectivity index (χ1n) is 21.0. The summed E-state index contributed by atoms with van der Waals surface area (Å²) in [6.07, 6.45) is 3.35. The van der Waals surface area contributed by atoms with E-state index in [-0.39, 0.29) is 67.1 Å². The Morgan fingerprint density at radius 3 is 2.56 bits per heavy atom. The number of nitrogens with one attached hydrogen (secondary N) is 4. The molecule has 15 heteroatoms. The van der Waals surface area contributed by atoms with Crippen LogP contribution in [-0.4, -0.2) is 98.2 Å². The molecular weight excluding hydrogens is 799 g/mol. The van der Waals surface area contributed by atoms with Crippen molar-refractivity contribution in [3.05, 3.63) is 105 Å². The molecule has 5 amide bonds. The van der Waals surface area contributed by atoms with Gasteiger partial charge >= 0.3 is 0 Å². The first-order valence-corrected chi connectivity index (χ1v) is 21.8. The van der Waals surface area contributed by atoms with Crippen molar-refractivity contribution in [3.8, 4) is 21.9 Å². The summed E-state index contributed by atoms with van der Waals surface area (Å²) in [6.45, 7) is 7.60. The average molecular weight is 850 g/mol. The van der Waals surface area contributed by atoms with E-state index in [1.165, 1.54) is 15.8 Å². The molecule has 3 fully saturated rings. The molecule has 61 heavy (non-hydrogen) atoms. The number of piperidine rings is 1. The number of hydrogen-bond acceptors (Lipinski definition) is 12. The molecule has 1 unspecified atom stereocenters. The summed E-state index contributed by atoms with van der Waals surface area (Å²) in [6, 6.07) is 22.3. The fourth-order valence-corrected chi connectivity index (χ4v) is 9.07. The van der Waals surface area contributed by atoms with Gasteiger partial charge in [0.2, 0.25) is 11.8 Å². The molecule has 4 aliphatic rings. The van der Waals surface area contributed by atoms with Crippen LogP contribution in [0.3, 0.4) is 0 Å². The van der Waals surface area contributed by atoms with Crippen LogP contribution >= 0.6 is 11.3 Å². The fraction of sp³-hybridized carbons (Fsp3) is 0.413. The molecule has 0 spiro atoms. The smallest absolute Gasteiger partial charge is 0.266 e. The molecule has 3 aliphatic heterocycles. The van der Waals surface area contributed by atoms with Crippen LogP contribution in [0.2, 0.25) is 0 Å². The third kappa shape index (κ3) is 9.87. The highest BCUT2D eigenvalue weighted by molar-refractivity contribution is 7.15. The van der Waals surface area contributed by atoms with Gasteiger partial charge in [0.25, 0.3) is 17.7 Å². The van der Waals surface area contributed by atoms with Gasteiger partial charge in [0.1, 0.15) is 30.3 Å². The van der Waals surface area contributed by atoms with Crippen LogP contribution in [0.5, 0.6) is 11.5 Å². The van der Waals surface area contributed by atoms with Crippen molar-refractivity contribution >= 4 is 40.9 Å². The van der Waals surface area contributed by atoms with Gasteiger partial charge in [0.05, 0.1) is 43.1 Å². The minimum atomic E-state index is -1.04. The highest BCUT2D eigenvalue weighted by atomic mass is 32.1. The summed E-state index contributed by atoms with van der Waals surface area (Å²) < 4.78 is 23.7. The summed E-state index contributed by atoms with van der Waals surface area (Å²) in [4.78, 5) is 67.0. The summed E-state index contributed by atoms with van der Waals surface area (Å²) in [7, 11) is 0. The minimum Gasteiger partial charge on any atom is -0.490 e. The lowest BCUT2D eigenvalue weighted by Crippen LogP contribution is -2.54. The van der Waals surface area contributed by atoms with Gasteiger partial charge in [-0.1, -0.05) is 30.3 Å². The van der Waals surface area contributed by atoms with Crippen molar-refractivity contribution in [2.24, 2.45) is 0 Å². The van der Waals surface area contributed by atoms with Gasteiger partial charge in [0, 0.05) is 47.4 Å². The molecule has 4 aromatic rings. The second kappa shape index (κ2) is 19.1. The van der Waals surface area contributed by atoms with Gasteiger partial charge in [-0.05, 0) is 98.7 Å². The molecule has 0 radical (unpaired) electrons. The number of nitrogens with zero attached hydrogens (tertiary/aromatic N) is 1. The zero-order valence-corrected chi connectivity index (χ0v) is 35.1. The molecule has 4 heterocycles. The number of thiophene rings is 1. The molecule has 2 saturated heterocycles. The van der Waals surface area contributed by atoms with Crippen molar-refractivity contribution in [1.29, 1.82) is 0 Å². The number of amides is 5. The van der Waals surface area contributed by atoms with Gasteiger partial charge in [-0.15, -0.1) is 11.3 Å². The maximum absolute atomic E-state index is 13.3. The summed E-state index contributed by atoms with van der Waals surface area (Å²) in [5, 5.41) is 12.3. The van der Waals surface area contributed by atoms with Crippen LogP contribution in [0.1, 0.15) is 92.1 Å². The van der Waals surface area contributed by atoms with Crippen LogP contribution in [0, 0.1) is 6.92 Å². The Hall–Kier alpha value is -5.45. The Kier molecular flexibility index (Phi) is 13.2. The maximum Gasteiger partial charge on any atom is 0.266 e. The van der Waals surface area contributed by atoms with Crippen molar-refractivity contribution in [1.82, 2.24) is 26.2 Å². The third-order valence-corrected chi connectivity index (χ3v) is 12.8. The molecule has 3 aromatic carbocycles. The zero-order valence-electron chi connectivity index (χ0n) is 34.3. The molecule has 1 saturated carbocycles. The van der Waals surface area contributed by atoms with E-state index in [0.29, 0.717) is 30.6 Å². The van der Waals surface area contributed by atoms with Crippen LogP contribution in [0.4, 0.5) is 0 Å². The molecule has 0 bridgehead atoms. The van der Waals surface area contributed by atoms with Crippen molar-refractivity contribution < 1.29 is 42.9 Å². The molecule has 4 atom stereocenters. The van der Waals surface area contributed by atoms with E-state index < -0.39 is 29.7 Å². The number of hydrogen-bond donors (Lipinski definition) is 4. The van der Waals surface area contributed by atoms with E-state index in [9.17, 15) is 24.0 Å². The van der Waals surface area contributed by atoms with Crippen molar-refractivity contribution in [3.63, 3.8) is 0 Å². The number of carbonyl (C=O) groups excluding carboxylic acids is 5. The summed E-state index contributed by atoms with van der Waals surface area (Å²) in [5.41, 5.74) is 3.96. The van der Waals surface area contributed by atoms with E-state index >= 15 is 0 Å². The molecule has 320 valence electrons. The van der Waals surface area contributed by atoms with E-state index in [2.05, 4.69) is 45.5 Å².